The highest BCUT2D eigenvalue weighted by molar-refractivity contribution is 5.68. The van der Waals surface area contributed by atoms with Gasteiger partial charge >= 0.3 is 6.09 Å². The molecule has 2 aliphatic heterocycles. The van der Waals surface area contributed by atoms with E-state index in [1.807, 2.05) is 31.7 Å². The smallest absolute Gasteiger partial charge is 0.410 e. The minimum atomic E-state index is -0.445. The summed E-state index contributed by atoms with van der Waals surface area (Å²) in [4.78, 5) is 14.0. The molecule has 1 atom stereocenters. The Morgan fingerprint density at radius 1 is 1.29 bits per heavy atom. The van der Waals surface area contributed by atoms with Gasteiger partial charge in [0, 0.05) is 25.1 Å². The maximum atomic E-state index is 12.2. The molecule has 1 aromatic rings. The van der Waals surface area contributed by atoms with Crippen LogP contribution in [0.4, 0.5) is 10.5 Å². The highest BCUT2D eigenvalue weighted by atomic mass is 16.6. The van der Waals surface area contributed by atoms with Crippen LogP contribution in [0.15, 0.2) is 12.1 Å². The van der Waals surface area contributed by atoms with Gasteiger partial charge in [-0.15, -0.1) is 0 Å². The Morgan fingerprint density at radius 2 is 1.96 bits per heavy atom. The molecule has 24 heavy (non-hydrogen) atoms. The molecule has 2 N–H and O–H groups in total. The number of fused-ring (bicyclic) bond motifs is 1. The number of carbonyl (C=O) groups excluding carboxylic acids is 1. The van der Waals surface area contributed by atoms with Gasteiger partial charge in [0.15, 0.2) is 0 Å². The highest BCUT2D eigenvalue weighted by Gasteiger charge is 2.31. The lowest BCUT2D eigenvalue weighted by molar-refractivity contribution is 0.0204. The van der Waals surface area contributed by atoms with E-state index < -0.39 is 5.60 Å². The van der Waals surface area contributed by atoms with Crippen LogP contribution in [0, 0.1) is 0 Å². The van der Waals surface area contributed by atoms with Gasteiger partial charge in [0.25, 0.3) is 0 Å². The van der Waals surface area contributed by atoms with Crippen LogP contribution in [0.25, 0.3) is 0 Å². The van der Waals surface area contributed by atoms with Crippen LogP contribution >= 0.6 is 0 Å². The molecule has 5 heteroatoms. The quantitative estimate of drug-likeness (QED) is 0.796. The zero-order valence-corrected chi connectivity index (χ0v) is 15.1. The molecule has 1 amide bonds. The largest absolute Gasteiger partial charge is 0.488 e. The minimum Gasteiger partial charge on any atom is -0.488 e. The number of hydrogen-bond acceptors (Lipinski definition) is 4. The molecule has 132 valence electrons. The third-order valence-corrected chi connectivity index (χ3v) is 4.72. The van der Waals surface area contributed by atoms with Crippen LogP contribution in [0.2, 0.25) is 0 Å². The van der Waals surface area contributed by atoms with Crippen molar-refractivity contribution in [3.05, 3.63) is 23.3 Å². The van der Waals surface area contributed by atoms with Crippen molar-refractivity contribution in [2.24, 2.45) is 0 Å². The van der Waals surface area contributed by atoms with E-state index in [-0.39, 0.29) is 12.2 Å². The predicted octanol–water partition coefficient (Wildman–Crippen LogP) is 3.71. The molecule has 0 aliphatic carbocycles. The average molecular weight is 332 g/mol. The van der Waals surface area contributed by atoms with Gasteiger partial charge in [0.2, 0.25) is 0 Å². The summed E-state index contributed by atoms with van der Waals surface area (Å²) in [5.74, 6) is 1.32. The molecular formula is C19H28N2O3. The van der Waals surface area contributed by atoms with Gasteiger partial charge in [-0.1, -0.05) is 6.07 Å². The van der Waals surface area contributed by atoms with E-state index in [0.717, 1.165) is 43.8 Å². The Hall–Kier alpha value is -1.91. The number of anilines is 1. The van der Waals surface area contributed by atoms with Crippen molar-refractivity contribution in [2.75, 3.05) is 18.8 Å². The lowest BCUT2D eigenvalue weighted by atomic mass is 9.85. The zero-order valence-electron chi connectivity index (χ0n) is 15.1. The van der Waals surface area contributed by atoms with Gasteiger partial charge in [-0.05, 0) is 58.1 Å². The topological polar surface area (TPSA) is 64.8 Å². The van der Waals surface area contributed by atoms with Crippen LogP contribution in [0.1, 0.15) is 57.6 Å². The number of piperidine rings is 1. The SMILES string of the molecule is C[C@@H]1Cc2c(C3CCN(C(=O)OC(C)(C)C)CC3)ccc(N)c2O1. The Balaban J connectivity index is 1.68. The van der Waals surface area contributed by atoms with Gasteiger partial charge in [0.05, 0.1) is 5.69 Å². The maximum absolute atomic E-state index is 12.2. The summed E-state index contributed by atoms with van der Waals surface area (Å²) in [5, 5.41) is 0. The molecule has 0 saturated carbocycles. The van der Waals surface area contributed by atoms with Crippen molar-refractivity contribution >= 4 is 11.8 Å². The summed E-state index contributed by atoms with van der Waals surface area (Å²) >= 11 is 0. The highest BCUT2D eigenvalue weighted by Crippen LogP contribution is 2.42. The van der Waals surface area contributed by atoms with Gasteiger partial charge in [-0.25, -0.2) is 4.79 Å². The number of hydrogen-bond donors (Lipinski definition) is 1. The summed E-state index contributed by atoms with van der Waals surface area (Å²) in [7, 11) is 0. The van der Waals surface area contributed by atoms with Crippen molar-refractivity contribution in [3.8, 4) is 5.75 Å². The van der Waals surface area contributed by atoms with E-state index in [2.05, 4.69) is 13.0 Å². The van der Waals surface area contributed by atoms with E-state index in [0.29, 0.717) is 5.92 Å². The summed E-state index contributed by atoms with van der Waals surface area (Å²) in [6, 6.07) is 4.09. The molecular weight excluding hydrogens is 304 g/mol. The summed E-state index contributed by atoms with van der Waals surface area (Å²) in [6.45, 7) is 9.24. The minimum absolute atomic E-state index is 0.185. The molecule has 0 bridgehead atoms. The number of nitrogens with zero attached hydrogens (tertiary/aromatic N) is 1. The first kappa shape index (κ1) is 16.9. The van der Waals surface area contributed by atoms with Crippen LogP contribution in [0.3, 0.4) is 0 Å². The predicted molar refractivity (Wildman–Crippen MR) is 94.4 cm³/mol. The standard InChI is InChI=1S/C19H28N2O3/c1-12-11-15-14(5-6-16(20)17(15)23-12)13-7-9-21(10-8-13)18(22)24-19(2,3)4/h5-6,12-13H,7-11,20H2,1-4H3/t12-/m1/s1. The van der Waals surface area contributed by atoms with Gasteiger partial charge in [-0.3, -0.25) is 0 Å². The second-order valence-electron chi connectivity index (χ2n) is 7.93. The van der Waals surface area contributed by atoms with Crippen molar-refractivity contribution in [2.45, 2.75) is 64.6 Å². The summed E-state index contributed by atoms with van der Waals surface area (Å²) in [6.07, 6.45) is 2.79. The molecule has 3 rings (SSSR count). The monoisotopic (exact) mass is 332 g/mol. The van der Waals surface area contributed by atoms with Crippen LogP contribution in [-0.2, 0) is 11.2 Å². The number of carbonyl (C=O) groups is 1. The third kappa shape index (κ3) is 3.45. The number of ether oxygens (including phenoxy) is 2. The lowest BCUT2D eigenvalue weighted by Crippen LogP contribution is -2.41. The van der Waals surface area contributed by atoms with Gasteiger partial charge < -0.3 is 20.1 Å². The van der Waals surface area contributed by atoms with Crippen LogP contribution in [0.5, 0.6) is 5.75 Å². The van der Waals surface area contributed by atoms with Crippen molar-refractivity contribution < 1.29 is 14.3 Å². The average Bonchev–Trinajstić information content (AvgIpc) is 2.88. The number of amides is 1. The second kappa shape index (κ2) is 6.19. The summed E-state index contributed by atoms with van der Waals surface area (Å²) < 4.78 is 11.3. The van der Waals surface area contributed by atoms with Gasteiger partial charge in [0.1, 0.15) is 17.5 Å². The molecule has 1 aromatic carbocycles. The van der Waals surface area contributed by atoms with Crippen molar-refractivity contribution in [3.63, 3.8) is 0 Å². The molecule has 2 heterocycles. The fraction of sp³-hybridized carbons (Fsp3) is 0.632. The van der Waals surface area contributed by atoms with Crippen molar-refractivity contribution in [1.29, 1.82) is 0 Å². The van der Waals surface area contributed by atoms with E-state index in [9.17, 15) is 4.79 Å². The first-order valence-electron chi connectivity index (χ1n) is 8.80. The Bertz CT molecular complexity index is 628. The Kier molecular flexibility index (Phi) is 4.37. The Morgan fingerprint density at radius 3 is 2.58 bits per heavy atom. The molecule has 0 radical (unpaired) electrons. The number of benzene rings is 1. The van der Waals surface area contributed by atoms with E-state index in [1.54, 1.807) is 0 Å². The molecule has 0 spiro atoms. The molecule has 0 unspecified atom stereocenters. The molecule has 2 aliphatic rings. The number of nitrogens with two attached hydrogens (primary N) is 1. The van der Waals surface area contributed by atoms with Crippen LogP contribution < -0.4 is 10.5 Å². The molecule has 5 nitrogen and oxygen atoms in total. The van der Waals surface area contributed by atoms with E-state index in [1.165, 1.54) is 11.1 Å². The number of likely N-dealkylation sites (tertiary alicyclic amines) is 1. The van der Waals surface area contributed by atoms with Crippen molar-refractivity contribution in [1.82, 2.24) is 4.90 Å². The summed E-state index contributed by atoms with van der Waals surface area (Å²) in [5.41, 5.74) is 8.94. The fourth-order valence-corrected chi connectivity index (χ4v) is 3.62. The number of nitrogen functional groups attached to an aromatic ring is 1. The zero-order chi connectivity index (χ0) is 17.5. The first-order valence-corrected chi connectivity index (χ1v) is 8.80. The molecule has 1 fully saturated rings. The maximum Gasteiger partial charge on any atom is 0.410 e. The second-order valence-corrected chi connectivity index (χ2v) is 7.93. The van der Waals surface area contributed by atoms with Crippen LogP contribution in [-0.4, -0.2) is 35.8 Å². The third-order valence-electron chi connectivity index (χ3n) is 4.72. The lowest BCUT2D eigenvalue weighted by Gasteiger charge is -2.34. The normalized spacial score (nSPS) is 21.3. The Labute approximate surface area is 144 Å². The molecule has 0 aromatic heterocycles. The molecule has 1 saturated heterocycles. The first-order chi connectivity index (χ1) is 11.2. The number of rotatable bonds is 1. The van der Waals surface area contributed by atoms with E-state index >= 15 is 0 Å². The fourth-order valence-electron chi connectivity index (χ4n) is 3.62. The van der Waals surface area contributed by atoms with Gasteiger partial charge in [-0.2, -0.15) is 0 Å². The van der Waals surface area contributed by atoms with E-state index in [4.69, 9.17) is 15.2 Å².